The predicted octanol–water partition coefficient (Wildman–Crippen LogP) is 5.06. The van der Waals surface area contributed by atoms with Crippen molar-refractivity contribution in [2.24, 2.45) is 5.92 Å². The van der Waals surface area contributed by atoms with Gasteiger partial charge in [-0.25, -0.2) is 0 Å². The van der Waals surface area contributed by atoms with Crippen LogP contribution < -0.4 is 0 Å². The number of carbonyl (C=O) groups excluding carboxylic acids is 1. The topological polar surface area (TPSA) is 20.3 Å². The average Bonchev–Trinajstić information content (AvgIpc) is 2.52. The highest BCUT2D eigenvalue weighted by atomic mass is 16.1. The second-order valence-electron chi connectivity index (χ2n) is 6.22. The lowest BCUT2D eigenvalue weighted by molar-refractivity contribution is -0.121. The Labute approximate surface area is 147 Å². The molecule has 0 aromatic heterocycles. The Kier molecular flexibility index (Phi) is 10.3. The van der Waals surface area contributed by atoms with Crippen LogP contribution in [0.1, 0.15) is 20.3 Å². The van der Waals surface area contributed by atoms with Crippen LogP contribution in [-0.4, -0.2) is 30.8 Å². The lowest BCUT2D eigenvalue weighted by Crippen LogP contribution is -2.35. The van der Waals surface area contributed by atoms with Crippen molar-refractivity contribution in [1.29, 1.82) is 0 Å². The third-order valence-electron chi connectivity index (χ3n) is 3.67. The van der Waals surface area contributed by atoms with Gasteiger partial charge in [0.25, 0.3) is 0 Å². The Morgan fingerprint density at radius 1 is 1.04 bits per heavy atom. The molecule has 0 heterocycles. The van der Waals surface area contributed by atoms with Gasteiger partial charge >= 0.3 is 0 Å². The van der Waals surface area contributed by atoms with Crippen LogP contribution in [0.25, 0.3) is 0 Å². The predicted molar refractivity (Wildman–Crippen MR) is 107 cm³/mol. The van der Waals surface area contributed by atoms with E-state index in [0.717, 1.165) is 23.1 Å². The first kappa shape index (κ1) is 21.8. The highest BCUT2D eigenvalue weighted by Crippen LogP contribution is 2.14. The maximum absolute atomic E-state index is 11.7. The molecule has 0 saturated carbocycles. The van der Waals surface area contributed by atoms with Crippen LogP contribution in [0.3, 0.4) is 0 Å². The zero-order valence-electron chi connectivity index (χ0n) is 15.6. The first-order valence-corrected chi connectivity index (χ1v) is 8.08. The molecule has 0 aromatic rings. The van der Waals surface area contributed by atoms with Crippen LogP contribution in [0, 0.1) is 5.92 Å². The number of Topliss-reactive ketones (excluding diaryl/α,β-unsaturated/α-hetero) is 1. The van der Waals surface area contributed by atoms with E-state index in [-0.39, 0.29) is 11.8 Å². The van der Waals surface area contributed by atoms with Crippen molar-refractivity contribution in [3.63, 3.8) is 0 Å². The molecule has 0 rings (SSSR count). The minimum Gasteiger partial charge on any atom is -0.300 e. The van der Waals surface area contributed by atoms with E-state index in [9.17, 15) is 4.79 Å². The monoisotopic (exact) mass is 325 g/mol. The van der Waals surface area contributed by atoms with Crippen LogP contribution in [0.5, 0.6) is 0 Å². The van der Waals surface area contributed by atoms with E-state index in [1.54, 1.807) is 13.0 Å². The lowest BCUT2D eigenvalue weighted by atomic mass is 9.97. The fourth-order valence-corrected chi connectivity index (χ4v) is 2.12. The SMILES string of the molecule is C=C/C=C\C(=C)C(=C)/C=C\C(=C)/C=C/[C@@H](C)C[C@@H](C(C)=O)N(C)C. The van der Waals surface area contributed by atoms with Crippen molar-refractivity contribution in [2.45, 2.75) is 26.3 Å². The quantitative estimate of drug-likeness (QED) is 0.495. The molecule has 0 aliphatic rings. The van der Waals surface area contributed by atoms with Crippen molar-refractivity contribution in [2.75, 3.05) is 14.1 Å². The Morgan fingerprint density at radius 2 is 1.62 bits per heavy atom. The van der Waals surface area contributed by atoms with Gasteiger partial charge in [0.2, 0.25) is 0 Å². The summed E-state index contributed by atoms with van der Waals surface area (Å²) in [5.74, 6) is 0.488. The molecule has 0 aliphatic carbocycles. The van der Waals surface area contributed by atoms with Gasteiger partial charge in [0, 0.05) is 0 Å². The molecule has 0 saturated heterocycles. The summed E-state index contributed by atoms with van der Waals surface area (Å²) < 4.78 is 0. The van der Waals surface area contributed by atoms with Crippen LogP contribution >= 0.6 is 0 Å². The summed E-state index contributed by atoms with van der Waals surface area (Å²) in [7, 11) is 3.87. The third-order valence-corrected chi connectivity index (χ3v) is 3.67. The fraction of sp³-hybridized carbons (Fsp3) is 0.318. The molecule has 0 fully saturated rings. The van der Waals surface area contributed by atoms with Crippen LogP contribution in [-0.2, 0) is 4.79 Å². The van der Waals surface area contributed by atoms with Gasteiger partial charge in [-0.05, 0) is 50.1 Å². The largest absolute Gasteiger partial charge is 0.300 e. The summed E-state index contributed by atoms with van der Waals surface area (Å²) in [6.45, 7) is 19.3. The van der Waals surface area contributed by atoms with E-state index < -0.39 is 0 Å². The summed E-state index contributed by atoms with van der Waals surface area (Å²) >= 11 is 0. The molecule has 0 N–H and O–H groups in total. The maximum atomic E-state index is 11.7. The standard InChI is InChI=1S/C22H31NO/c1-9-10-11-19(4)20(5)15-14-17(2)12-13-18(3)16-22(21(6)24)23(7)8/h9-15,18,22H,1-2,4-5,16H2,3,6-8H3/b11-10-,13-12+,15-14-/t18-,22+/m1/s1. The zero-order chi connectivity index (χ0) is 18.7. The lowest BCUT2D eigenvalue weighted by Gasteiger charge is -2.23. The van der Waals surface area contributed by atoms with Crippen molar-refractivity contribution < 1.29 is 4.79 Å². The Bertz CT molecular complexity index is 573. The molecule has 0 bridgehead atoms. The molecule has 2 atom stereocenters. The van der Waals surface area contributed by atoms with Gasteiger partial charge in [-0.15, -0.1) is 0 Å². The van der Waals surface area contributed by atoms with Gasteiger partial charge in [-0.2, -0.15) is 0 Å². The molecule has 130 valence electrons. The highest BCUT2D eigenvalue weighted by Gasteiger charge is 2.18. The second-order valence-corrected chi connectivity index (χ2v) is 6.22. The summed E-state index contributed by atoms with van der Waals surface area (Å²) in [6.07, 6.45) is 14.1. The Balaban J connectivity index is 4.62. The van der Waals surface area contributed by atoms with E-state index in [1.807, 2.05) is 49.4 Å². The summed E-state index contributed by atoms with van der Waals surface area (Å²) in [5, 5.41) is 0. The number of allylic oxidation sites excluding steroid dienone is 10. The van der Waals surface area contributed by atoms with Crippen molar-refractivity contribution in [1.82, 2.24) is 4.90 Å². The van der Waals surface area contributed by atoms with Gasteiger partial charge in [0.1, 0.15) is 5.78 Å². The number of hydrogen-bond donors (Lipinski definition) is 0. The zero-order valence-corrected chi connectivity index (χ0v) is 15.6. The molecule has 2 nitrogen and oxygen atoms in total. The van der Waals surface area contributed by atoms with E-state index in [0.29, 0.717) is 5.92 Å². The van der Waals surface area contributed by atoms with Crippen LogP contribution in [0.2, 0.25) is 0 Å². The minimum absolute atomic E-state index is 0.0480. The van der Waals surface area contributed by atoms with Crippen LogP contribution in [0.4, 0.5) is 0 Å². The first-order chi connectivity index (χ1) is 11.2. The van der Waals surface area contributed by atoms with E-state index in [1.165, 1.54) is 0 Å². The maximum Gasteiger partial charge on any atom is 0.146 e. The number of rotatable bonds is 11. The molecule has 24 heavy (non-hydrogen) atoms. The van der Waals surface area contributed by atoms with Gasteiger partial charge < -0.3 is 0 Å². The summed E-state index contributed by atoms with van der Waals surface area (Å²) in [4.78, 5) is 13.6. The van der Waals surface area contributed by atoms with Crippen molar-refractivity contribution in [3.05, 3.63) is 85.6 Å². The first-order valence-electron chi connectivity index (χ1n) is 8.08. The fourth-order valence-electron chi connectivity index (χ4n) is 2.12. The Hall–Kier alpha value is -2.19. The van der Waals surface area contributed by atoms with Gasteiger partial charge in [0.15, 0.2) is 0 Å². The Morgan fingerprint density at radius 3 is 2.12 bits per heavy atom. The molecule has 0 unspecified atom stereocenters. The second kappa shape index (κ2) is 11.4. The molecule has 0 amide bonds. The van der Waals surface area contributed by atoms with Crippen LogP contribution in [0.15, 0.2) is 85.6 Å². The molecule has 0 radical (unpaired) electrons. The van der Waals surface area contributed by atoms with Gasteiger partial charge in [-0.3, -0.25) is 9.69 Å². The van der Waals surface area contributed by atoms with Crippen molar-refractivity contribution in [3.8, 4) is 0 Å². The van der Waals surface area contributed by atoms with Gasteiger partial charge in [0.05, 0.1) is 6.04 Å². The van der Waals surface area contributed by atoms with E-state index in [2.05, 4.69) is 39.3 Å². The highest BCUT2D eigenvalue weighted by molar-refractivity contribution is 5.81. The molecule has 0 aromatic carbocycles. The normalized spacial score (nSPS) is 14.4. The smallest absolute Gasteiger partial charge is 0.146 e. The minimum atomic E-state index is -0.0480. The average molecular weight is 325 g/mol. The molecule has 2 heteroatoms. The third kappa shape index (κ3) is 9.06. The number of nitrogens with zero attached hydrogens (tertiary/aromatic N) is 1. The van der Waals surface area contributed by atoms with Gasteiger partial charge in [-0.1, -0.05) is 75.8 Å². The molecular weight excluding hydrogens is 294 g/mol. The summed E-state index contributed by atoms with van der Waals surface area (Å²) in [5.41, 5.74) is 2.55. The number of carbonyl (C=O) groups is 1. The van der Waals surface area contributed by atoms with Crippen molar-refractivity contribution >= 4 is 5.78 Å². The molecule has 0 aliphatic heterocycles. The number of ketones is 1. The number of hydrogen-bond acceptors (Lipinski definition) is 2. The van der Waals surface area contributed by atoms with E-state index in [4.69, 9.17) is 0 Å². The van der Waals surface area contributed by atoms with E-state index >= 15 is 0 Å². The number of likely N-dealkylation sites (N-methyl/N-ethyl adjacent to an activating group) is 1. The summed E-state index contributed by atoms with van der Waals surface area (Å²) in [6, 6.07) is -0.0480. The molecule has 0 spiro atoms. The molecular formula is C22H31NO.